The van der Waals surface area contributed by atoms with Crippen molar-refractivity contribution in [2.24, 2.45) is 11.7 Å². The smallest absolute Gasteiger partial charge is 0.410 e. The van der Waals surface area contributed by atoms with E-state index in [1.54, 1.807) is 4.90 Å². The van der Waals surface area contributed by atoms with Crippen LogP contribution >= 0.6 is 0 Å². The van der Waals surface area contributed by atoms with Crippen molar-refractivity contribution in [1.29, 1.82) is 0 Å². The Bertz CT molecular complexity index is 880. The molecular formula is C24H44N4O8S. The molecule has 0 bridgehead atoms. The summed E-state index contributed by atoms with van der Waals surface area (Å²) >= 11 is 0. The van der Waals surface area contributed by atoms with E-state index in [-0.39, 0.29) is 18.3 Å². The average Bonchev–Trinajstić information content (AvgIpc) is 2.83. The van der Waals surface area contributed by atoms with Crippen molar-refractivity contribution >= 4 is 33.9 Å². The van der Waals surface area contributed by atoms with E-state index < -0.39 is 52.5 Å². The second kappa shape index (κ2) is 15.2. The fourth-order valence-electron chi connectivity index (χ4n) is 3.96. The second-order valence-electron chi connectivity index (χ2n) is 10.3. The number of hydrogen-bond donors (Lipinski definition) is 2. The molecule has 37 heavy (non-hydrogen) atoms. The van der Waals surface area contributed by atoms with Crippen molar-refractivity contribution in [3.05, 3.63) is 0 Å². The molecule has 0 radical (unpaired) electrons. The van der Waals surface area contributed by atoms with Gasteiger partial charge in [-0.3, -0.25) is 19.3 Å². The van der Waals surface area contributed by atoms with Gasteiger partial charge in [-0.15, -0.1) is 0 Å². The van der Waals surface area contributed by atoms with Crippen LogP contribution in [0.2, 0.25) is 0 Å². The van der Waals surface area contributed by atoms with Gasteiger partial charge in [0.1, 0.15) is 11.6 Å². The molecule has 13 heteroatoms. The molecule has 0 aromatic carbocycles. The largest absolute Gasteiger partial charge is 0.468 e. The normalized spacial score (nSPS) is 15.7. The van der Waals surface area contributed by atoms with Gasteiger partial charge in [0, 0.05) is 19.5 Å². The van der Waals surface area contributed by atoms with E-state index >= 15 is 0 Å². The van der Waals surface area contributed by atoms with Crippen molar-refractivity contribution in [3.63, 3.8) is 0 Å². The fourth-order valence-corrected chi connectivity index (χ4v) is 5.35. The quantitative estimate of drug-likeness (QED) is 0.323. The summed E-state index contributed by atoms with van der Waals surface area (Å²) in [6, 6.07) is -1.43. The summed E-state index contributed by atoms with van der Waals surface area (Å²) in [5.41, 5.74) is 4.92. The Morgan fingerprint density at radius 1 is 1.11 bits per heavy atom. The van der Waals surface area contributed by atoms with E-state index in [4.69, 9.17) is 10.5 Å². The maximum absolute atomic E-state index is 12.9. The predicted molar refractivity (Wildman–Crippen MR) is 138 cm³/mol. The third-order valence-electron chi connectivity index (χ3n) is 5.99. The van der Waals surface area contributed by atoms with E-state index in [1.807, 2.05) is 27.7 Å². The molecule has 1 fully saturated rings. The number of sulfonamides is 1. The van der Waals surface area contributed by atoms with Crippen molar-refractivity contribution in [2.75, 3.05) is 39.0 Å². The first-order valence-electron chi connectivity index (χ1n) is 12.8. The first-order chi connectivity index (χ1) is 17.2. The van der Waals surface area contributed by atoms with Gasteiger partial charge in [-0.05, 0) is 58.8 Å². The minimum absolute atomic E-state index is 0.0362. The number of piperidine rings is 1. The summed E-state index contributed by atoms with van der Waals surface area (Å²) in [7, 11) is -2.72. The second-order valence-corrected chi connectivity index (χ2v) is 12.1. The minimum Gasteiger partial charge on any atom is -0.468 e. The molecule has 0 aromatic heterocycles. The summed E-state index contributed by atoms with van der Waals surface area (Å²) in [6.45, 7) is 7.48. The molecule has 12 nitrogen and oxygen atoms in total. The van der Waals surface area contributed by atoms with Crippen LogP contribution in [0.1, 0.15) is 72.6 Å². The van der Waals surface area contributed by atoms with Gasteiger partial charge in [-0.25, -0.2) is 13.2 Å². The summed E-state index contributed by atoms with van der Waals surface area (Å²) < 4.78 is 37.0. The van der Waals surface area contributed by atoms with Gasteiger partial charge in [-0.1, -0.05) is 13.3 Å². The van der Waals surface area contributed by atoms with Crippen LogP contribution in [0.3, 0.4) is 0 Å². The molecule has 1 aliphatic heterocycles. The number of imide groups is 1. The zero-order valence-corrected chi connectivity index (χ0v) is 23.6. The number of amides is 3. The summed E-state index contributed by atoms with van der Waals surface area (Å²) in [4.78, 5) is 52.3. The number of esters is 1. The number of likely N-dealkylation sites (tertiary alicyclic amines) is 1. The molecule has 0 unspecified atom stereocenters. The van der Waals surface area contributed by atoms with E-state index in [1.165, 1.54) is 0 Å². The lowest BCUT2D eigenvalue weighted by atomic mass is 9.91. The molecule has 3 amide bonds. The highest BCUT2D eigenvalue weighted by Crippen LogP contribution is 2.24. The molecule has 0 spiro atoms. The first-order valence-corrected chi connectivity index (χ1v) is 14.5. The van der Waals surface area contributed by atoms with Crippen LogP contribution in [0.4, 0.5) is 4.79 Å². The predicted octanol–water partition coefficient (Wildman–Crippen LogP) is 1.38. The molecule has 1 atom stereocenters. The van der Waals surface area contributed by atoms with Crippen LogP contribution in [0.25, 0.3) is 0 Å². The Balaban J connectivity index is 2.68. The molecule has 1 aliphatic rings. The average molecular weight is 549 g/mol. The minimum atomic E-state index is -3.82. The van der Waals surface area contributed by atoms with Gasteiger partial charge < -0.3 is 20.1 Å². The third-order valence-corrected chi connectivity index (χ3v) is 7.46. The number of rotatable bonds is 13. The van der Waals surface area contributed by atoms with Crippen molar-refractivity contribution in [3.8, 4) is 0 Å². The zero-order valence-electron chi connectivity index (χ0n) is 22.8. The number of unbranched alkanes of at least 4 members (excludes halogenated alkanes) is 1. The van der Waals surface area contributed by atoms with E-state index in [9.17, 15) is 27.6 Å². The molecule has 1 heterocycles. The number of hydrogen-bond acceptors (Lipinski definition) is 9. The molecular weight excluding hydrogens is 504 g/mol. The summed E-state index contributed by atoms with van der Waals surface area (Å²) in [5, 5.41) is 0. The Morgan fingerprint density at radius 2 is 1.73 bits per heavy atom. The highest BCUT2D eigenvalue weighted by atomic mass is 32.2. The fraction of sp³-hybridized carbons (Fsp3) is 0.833. The lowest BCUT2D eigenvalue weighted by molar-refractivity contribution is -0.147. The van der Waals surface area contributed by atoms with Crippen LogP contribution in [0.5, 0.6) is 0 Å². The molecule has 3 N–H and O–H groups in total. The molecule has 0 aliphatic carbocycles. The van der Waals surface area contributed by atoms with Gasteiger partial charge in [0.25, 0.3) is 0 Å². The number of methoxy groups -OCH3 is 1. The zero-order chi connectivity index (χ0) is 28.2. The lowest BCUT2D eigenvalue weighted by Gasteiger charge is -2.33. The van der Waals surface area contributed by atoms with Gasteiger partial charge >= 0.3 is 12.1 Å². The number of carbonyl (C=O) groups is 4. The molecule has 0 saturated carbocycles. The first kappa shape index (κ1) is 32.8. The monoisotopic (exact) mass is 548 g/mol. The number of ether oxygens (including phenoxy) is 2. The van der Waals surface area contributed by atoms with Crippen LogP contribution < -0.4 is 10.5 Å². The molecule has 214 valence electrons. The van der Waals surface area contributed by atoms with E-state index in [0.29, 0.717) is 38.3 Å². The summed E-state index contributed by atoms with van der Waals surface area (Å²) in [5.74, 6) is -2.03. The molecule has 1 rings (SSSR count). The van der Waals surface area contributed by atoms with Crippen LogP contribution in [-0.4, -0.2) is 92.8 Å². The van der Waals surface area contributed by atoms with E-state index in [0.717, 1.165) is 31.3 Å². The van der Waals surface area contributed by atoms with Gasteiger partial charge in [0.15, 0.2) is 0 Å². The van der Waals surface area contributed by atoms with Crippen LogP contribution in [0, 0.1) is 5.92 Å². The van der Waals surface area contributed by atoms with Gasteiger partial charge in [0.05, 0.1) is 26.0 Å². The highest BCUT2D eigenvalue weighted by molar-refractivity contribution is 7.89. The molecule has 1 saturated heterocycles. The number of nitrogens with zero attached hydrogens (tertiary/aromatic N) is 2. The Labute approximate surface area is 220 Å². The maximum atomic E-state index is 12.9. The number of nitrogens with one attached hydrogen (secondary N) is 1. The highest BCUT2D eigenvalue weighted by Gasteiger charge is 2.32. The Hall–Kier alpha value is -2.25. The van der Waals surface area contributed by atoms with Gasteiger partial charge in [-0.2, -0.15) is 4.72 Å². The summed E-state index contributed by atoms with van der Waals surface area (Å²) in [6.07, 6.45) is 3.52. The topological polar surface area (TPSA) is 165 Å². The Kier molecular flexibility index (Phi) is 13.5. The third kappa shape index (κ3) is 12.2. The number of nitrogens with two attached hydrogens (primary N) is 1. The molecule has 0 aromatic rings. The van der Waals surface area contributed by atoms with Crippen molar-refractivity contribution in [2.45, 2.75) is 84.3 Å². The van der Waals surface area contributed by atoms with Gasteiger partial charge in [0.2, 0.25) is 21.8 Å². The standard InChI is InChI=1S/C24H44N4O8S/c1-6-7-15-37(33,34)26-19(22(31)35-5)17-28(21(30)16-25)20(29)10-8-9-18-11-13-27(14-12-18)23(32)36-24(2,3)4/h18-19,26H,6-17,25H2,1-5H3/t19-/m0/s1. The van der Waals surface area contributed by atoms with E-state index in [2.05, 4.69) is 9.46 Å². The van der Waals surface area contributed by atoms with Crippen molar-refractivity contribution < 1.29 is 37.1 Å². The van der Waals surface area contributed by atoms with Crippen LogP contribution in [0.15, 0.2) is 0 Å². The Morgan fingerprint density at radius 3 is 2.24 bits per heavy atom. The van der Waals surface area contributed by atoms with Crippen molar-refractivity contribution in [1.82, 2.24) is 14.5 Å². The number of carbonyl (C=O) groups excluding carboxylic acids is 4. The SMILES string of the molecule is CCCCS(=O)(=O)N[C@@H](CN(C(=O)CN)C(=O)CCCC1CCN(C(=O)OC(C)(C)C)CC1)C(=O)OC. The lowest BCUT2D eigenvalue weighted by Crippen LogP contribution is -2.53. The van der Waals surface area contributed by atoms with Crippen LogP contribution in [-0.2, 0) is 33.9 Å². The maximum Gasteiger partial charge on any atom is 0.410 e.